The summed E-state index contributed by atoms with van der Waals surface area (Å²) >= 11 is 0. The quantitative estimate of drug-likeness (QED) is 0.908. The van der Waals surface area contributed by atoms with E-state index in [-0.39, 0.29) is 11.8 Å². The molecule has 0 spiro atoms. The number of H-pyrrole nitrogens is 1. The maximum absolute atomic E-state index is 12.5. The lowest BCUT2D eigenvalue weighted by Gasteiger charge is -2.31. The standard InChI is InChI=1S/C14H19N5O2/c1-3-21-9-11-8-19(14(20)12-4-5-15-16-12)7-10-6-18(2)17-13(10)11/h4-6,11H,3,7-9H2,1-2H3,(H,15,16). The molecule has 2 aromatic heterocycles. The van der Waals surface area contributed by atoms with E-state index in [2.05, 4.69) is 15.3 Å². The topological polar surface area (TPSA) is 76.0 Å². The fraction of sp³-hybridized carbons (Fsp3) is 0.500. The van der Waals surface area contributed by atoms with Crippen molar-refractivity contribution in [3.05, 3.63) is 35.4 Å². The predicted octanol–water partition coefficient (Wildman–Crippen LogP) is 0.919. The molecule has 3 rings (SSSR count). The molecule has 0 saturated heterocycles. The minimum atomic E-state index is -0.0384. The van der Waals surface area contributed by atoms with Gasteiger partial charge in [0.2, 0.25) is 0 Å². The van der Waals surface area contributed by atoms with Crippen LogP contribution in [0.4, 0.5) is 0 Å². The molecular formula is C14H19N5O2. The van der Waals surface area contributed by atoms with Crippen molar-refractivity contribution in [2.75, 3.05) is 19.8 Å². The first kappa shape index (κ1) is 13.8. The fourth-order valence-electron chi connectivity index (χ4n) is 2.73. The molecule has 1 aliphatic heterocycles. The molecule has 1 N–H and O–H groups in total. The summed E-state index contributed by atoms with van der Waals surface area (Å²) in [4.78, 5) is 14.3. The van der Waals surface area contributed by atoms with Gasteiger partial charge in [-0.2, -0.15) is 10.2 Å². The van der Waals surface area contributed by atoms with Crippen LogP contribution in [-0.4, -0.2) is 50.5 Å². The van der Waals surface area contributed by atoms with E-state index in [0.717, 1.165) is 11.3 Å². The van der Waals surface area contributed by atoms with Crippen LogP contribution in [0.15, 0.2) is 18.5 Å². The maximum atomic E-state index is 12.5. The third-order valence-corrected chi connectivity index (χ3v) is 3.67. The van der Waals surface area contributed by atoms with Crippen LogP contribution < -0.4 is 0 Å². The van der Waals surface area contributed by atoms with Gasteiger partial charge in [-0.15, -0.1) is 0 Å². The first-order chi connectivity index (χ1) is 10.2. The highest BCUT2D eigenvalue weighted by Gasteiger charge is 2.31. The lowest BCUT2D eigenvalue weighted by Crippen LogP contribution is -2.39. The third-order valence-electron chi connectivity index (χ3n) is 3.67. The molecule has 1 aliphatic rings. The molecule has 21 heavy (non-hydrogen) atoms. The van der Waals surface area contributed by atoms with Gasteiger partial charge < -0.3 is 9.64 Å². The highest BCUT2D eigenvalue weighted by molar-refractivity contribution is 5.92. The van der Waals surface area contributed by atoms with Crippen molar-refractivity contribution in [2.24, 2.45) is 7.05 Å². The number of nitrogens with zero attached hydrogens (tertiary/aromatic N) is 4. The van der Waals surface area contributed by atoms with Crippen molar-refractivity contribution in [1.82, 2.24) is 24.9 Å². The van der Waals surface area contributed by atoms with Gasteiger partial charge in [0.15, 0.2) is 0 Å². The zero-order chi connectivity index (χ0) is 14.8. The molecule has 2 aromatic rings. The smallest absolute Gasteiger partial charge is 0.272 e. The summed E-state index contributed by atoms with van der Waals surface area (Å²) in [7, 11) is 1.90. The second-order valence-corrected chi connectivity index (χ2v) is 5.23. The Labute approximate surface area is 122 Å². The van der Waals surface area contributed by atoms with Crippen molar-refractivity contribution in [3.63, 3.8) is 0 Å². The number of hydrogen-bond donors (Lipinski definition) is 1. The third kappa shape index (κ3) is 2.69. The van der Waals surface area contributed by atoms with Crippen LogP contribution in [0.3, 0.4) is 0 Å². The second kappa shape index (κ2) is 5.69. The minimum Gasteiger partial charge on any atom is -0.381 e. The van der Waals surface area contributed by atoms with Gasteiger partial charge in [0.1, 0.15) is 5.69 Å². The first-order valence-electron chi connectivity index (χ1n) is 7.07. The van der Waals surface area contributed by atoms with Gasteiger partial charge >= 0.3 is 0 Å². The molecule has 0 fully saturated rings. The van der Waals surface area contributed by atoms with Crippen LogP contribution in [0.2, 0.25) is 0 Å². The van der Waals surface area contributed by atoms with Crippen molar-refractivity contribution < 1.29 is 9.53 Å². The second-order valence-electron chi connectivity index (χ2n) is 5.23. The molecule has 3 heterocycles. The Kier molecular flexibility index (Phi) is 3.74. The Bertz CT molecular complexity index is 619. The number of aromatic amines is 1. The highest BCUT2D eigenvalue weighted by Crippen LogP contribution is 2.28. The van der Waals surface area contributed by atoms with Gasteiger partial charge in [-0.05, 0) is 13.0 Å². The average molecular weight is 289 g/mol. The van der Waals surface area contributed by atoms with E-state index in [9.17, 15) is 4.79 Å². The summed E-state index contributed by atoms with van der Waals surface area (Å²) in [5.74, 6) is 0.0743. The van der Waals surface area contributed by atoms with Crippen LogP contribution in [0.1, 0.15) is 34.6 Å². The van der Waals surface area contributed by atoms with E-state index < -0.39 is 0 Å². The van der Waals surface area contributed by atoms with Gasteiger partial charge in [0, 0.05) is 50.6 Å². The van der Waals surface area contributed by atoms with Gasteiger partial charge in [-0.1, -0.05) is 0 Å². The van der Waals surface area contributed by atoms with Crippen LogP contribution in [0.25, 0.3) is 0 Å². The molecule has 0 bridgehead atoms. The summed E-state index contributed by atoms with van der Waals surface area (Å²) in [5, 5.41) is 11.1. The van der Waals surface area contributed by atoms with Crippen molar-refractivity contribution in [3.8, 4) is 0 Å². The van der Waals surface area contributed by atoms with Gasteiger partial charge in [0.25, 0.3) is 5.91 Å². The first-order valence-corrected chi connectivity index (χ1v) is 7.07. The number of fused-ring (bicyclic) bond motifs is 1. The number of rotatable bonds is 4. The van der Waals surface area contributed by atoms with E-state index >= 15 is 0 Å². The summed E-state index contributed by atoms with van der Waals surface area (Å²) in [6.07, 6.45) is 3.56. The number of hydrogen-bond acceptors (Lipinski definition) is 4. The number of carbonyl (C=O) groups excluding carboxylic acids is 1. The Morgan fingerprint density at radius 1 is 1.57 bits per heavy atom. The van der Waals surface area contributed by atoms with Gasteiger partial charge in [-0.25, -0.2) is 0 Å². The lowest BCUT2D eigenvalue weighted by molar-refractivity contribution is 0.0646. The Hall–Kier alpha value is -2.15. The molecule has 112 valence electrons. The lowest BCUT2D eigenvalue weighted by atomic mass is 9.97. The van der Waals surface area contributed by atoms with Gasteiger partial charge in [-0.3, -0.25) is 14.6 Å². The van der Waals surface area contributed by atoms with Crippen LogP contribution in [0, 0.1) is 0 Å². The largest absolute Gasteiger partial charge is 0.381 e. The number of nitrogens with one attached hydrogen (secondary N) is 1. The number of carbonyl (C=O) groups is 1. The maximum Gasteiger partial charge on any atom is 0.272 e. The monoisotopic (exact) mass is 289 g/mol. The fourth-order valence-corrected chi connectivity index (χ4v) is 2.73. The van der Waals surface area contributed by atoms with Crippen molar-refractivity contribution >= 4 is 5.91 Å². The number of aryl methyl sites for hydroxylation is 1. The summed E-state index contributed by atoms with van der Waals surface area (Å²) in [6.45, 7) is 4.39. The Morgan fingerprint density at radius 3 is 3.14 bits per heavy atom. The van der Waals surface area contributed by atoms with Crippen molar-refractivity contribution in [2.45, 2.75) is 19.4 Å². The van der Waals surface area contributed by atoms with E-state index in [4.69, 9.17) is 4.74 Å². The average Bonchev–Trinajstić information content (AvgIpc) is 3.11. The SMILES string of the molecule is CCOCC1CN(C(=O)c2ccn[nH]2)Cc2cn(C)nc21. The normalized spacial score (nSPS) is 17.8. The molecule has 0 aliphatic carbocycles. The highest BCUT2D eigenvalue weighted by atomic mass is 16.5. The van der Waals surface area contributed by atoms with E-state index in [1.54, 1.807) is 16.9 Å². The zero-order valence-electron chi connectivity index (χ0n) is 12.2. The molecule has 1 unspecified atom stereocenters. The number of aromatic nitrogens is 4. The Morgan fingerprint density at radius 2 is 2.43 bits per heavy atom. The molecule has 0 aromatic carbocycles. The summed E-state index contributed by atoms with van der Waals surface area (Å²) < 4.78 is 7.35. The van der Waals surface area contributed by atoms with E-state index in [1.165, 1.54) is 0 Å². The van der Waals surface area contributed by atoms with Crippen LogP contribution in [-0.2, 0) is 18.3 Å². The molecule has 7 nitrogen and oxygen atoms in total. The van der Waals surface area contributed by atoms with E-state index in [0.29, 0.717) is 32.0 Å². The molecule has 0 saturated carbocycles. The Balaban J connectivity index is 1.84. The molecular weight excluding hydrogens is 270 g/mol. The van der Waals surface area contributed by atoms with Crippen LogP contribution in [0.5, 0.6) is 0 Å². The molecule has 7 heteroatoms. The molecule has 0 radical (unpaired) electrons. The van der Waals surface area contributed by atoms with Crippen LogP contribution >= 0.6 is 0 Å². The van der Waals surface area contributed by atoms with Gasteiger partial charge in [0.05, 0.1) is 12.3 Å². The summed E-state index contributed by atoms with van der Waals surface area (Å²) in [6, 6.07) is 1.69. The predicted molar refractivity (Wildman–Crippen MR) is 75.8 cm³/mol. The zero-order valence-corrected chi connectivity index (χ0v) is 12.2. The van der Waals surface area contributed by atoms with E-state index in [1.807, 2.05) is 25.1 Å². The summed E-state index contributed by atoms with van der Waals surface area (Å²) in [5.41, 5.74) is 2.64. The minimum absolute atomic E-state index is 0.0384. The van der Waals surface area contributed by atoms with Crippen molar-refractivity contribution in [1.29, 1.82) is 0 Å². The number of ether oxygens (including phenoxy) is 1. The molecule has 1 atom stereocenters. The molecule has 1 amide bonds. The number of amides is 1.